The number of carbonyl (C=O) groups is 1. The zero-order valence-corrected chi connectivity index (χ0v) is 11.7. The van der Waals surface area contributed by atoms with Gasteiger partial charge in [-0.25, -0.2) is 0 Å². The van der Waals surface area contributed by atoms with Crippen LogP contribution >= 0.6 is 0 Å². The van der Waals surface area contributed by atoms with Crippen LogP contribution in [0.25, 0.3) is 0 Å². The quantitative estimate of drug-likeness (QED) is 0.808. The normalized spacial score (nSPS) is 32.1. The number of rotatable bonds is 4. The fourth-order valence-electron chi connectivity index (χ4n) is 3.76. The molecule has 0 aromatic heterocycles. The fourth-order valence-corrected chi connectivity index (χ4v) is 3.76. The van der Waals surface area contributed by atoms with Crippen molar-refractivity contribution in [3.05, 3.63) is 0 Å². The van der Waals surface area contributed by atoms with Gasteiger partial charge in [-0.2, -0.15) is 0 Å². The number of hydrogen-bond donors (Lipinski definition) is 2. The minimum Gasteiger partial charge on any atom is -0.368 e. The van der Waals surface area contributed by atoms with Crippen molar-refractivity contribution >= 4 is 5.91 Å². The summed E-state index contributed by atoms with van der Waals surface area (Å²) in [4.78, 5) is 11.7. The lowest BCUT2D eigenvalue weighted by Crippen LogP contribution is -2.52. The summed E-state index contributed by atoms with van der Waals surface area (Å²) in [5.74, 6) is 1.08. The van der Waals surface area contributed by atoms with Crippen molar-refractivity contribution in [2.45, 2.75) is 76.8 Å². The molecule has 2 aliphatic carbocycles. The van der Waals surface area contributed by atoms with Crippen LogP contribution in [-0.2, 0) is 4.79 Å². The van der Waals surface area contributed by atoms with Gasteiger partial charge >= 0.3 is 0 Å². The molecule has 3 atom stereocenters. The van der Waals surface area contributed by atoms with Crippen molar-refractivity contribution in [3.8, 4) is 0 Å². The summed E-state index contributed by atoms with van der Waals surface area (Å²) >= 11 is 0. The van der Waals surface area contributed by atoms with Gasteiger partial charge in [-0.15, -0.1) is 0 Å². The highest BCUT2D eigenvalue weighted by molar-refractivity contribution is 5.80. The molecule has 0 aliphatic heterocycles. The van der Waals surface area contributed by atoms with E-state index in [2.05, 4.69) is 12.2 Å². The van der Waals surface area contributed by atoms with Gasteiger partial charge in [0.1, 0.15) is 0 Å². The van der Waals surface area contributed by atoms with Crippen LogP contribution in [0, 0.1) is 11.8 Å². The Morgan fingerprint density at radius 2 is 1.83 bits per heavy atom. The number of primary amides is 1. The van der Waals surface area contributed by atoms with Gasteiger partial charge in [-0.1, -0.05) is 39.0 Å². The summed E-state index contributed by atoms with van der Waals surface area (Å²) in [6.07, 6.45) is 11.3. The minimum atomic E-state index is -0.139. The van der Waals surface area contributed by atoms with Crippen LogP contribution in [0.1, 0.15) is 64.7 Å². The molecule has 0 heterocycles. The number of carbonyl (C=O) groups excluding carboxylic acids is 1. The zero-order valence-electron chi connectivity index (χ0n) is 11.7. The van der Waals surface area contributed by atoms with E-state index in [0.717, 1.165) is 18.8 Å². The topological polar surface area (TPSA) is 55.1 Å². The van der Waals surface area contributed by atoms with Crippen LogP contribution in [-0.4, -0.2) is 18.0 Å². The second-order valence-corrected chi connectivity index (χ2v) is 6.41. The summed E-state index contributed by atoms with van der Waals surface area (Å²) in [6.45, 7) is 2.30. The van der Waals surface area contributed by atoms with Crippen molar-refractivity contribution < 1.29 is 4.79 Å². The van der Waals surface area contributed by atoms with E-state index in [4.69, 9.17) is 5.73 Å². The molecule has 104 valence electrons. The molecule has 0 aromatic rings. The first-order chi connectivity index (χ1) is 8.66. The number of amides is 1. The highest BCUT2D eigenvalue weighted by Crippen LogP contribution is 2.31. The highest BCUT2D eigenvalue weighted by Gasteiger charge is 2.32. The smallest absolute Gasteiger partial charge is 0.234 e. The first kappa shape index (κ1) is 13.9. The third kappa shape index (κ3) is 3.71. The lowest BCUT2D eigenvalue weighted by molar-refractivity contribution is -0.122. The van der Waals surface area contributed by atoms with Crippen molar-refractivity contribution in [2.24, 2.45) is 17.6 Å². The molecule has 3 nitrogen and oxygen atoms in total. The van der Waals surface area contributed by atoms with Crippen molar-refractivity contribution in [3.63, 3.8) is 0 Å². The summed E-state index contributed by atoms with van der Waals surface area (Å²) in [7, 11) is 0. The lowest BCUT2D eigenvalue weighted by Gasteiger charge is -2.35. The Morgan fingerprint density at radius 1 is 1.11 bits per heavy atom. The molecule has 1 amide bonds. The first-order valence-corrected chi connectivity index (χ1v) is 7.72. The van der Waals surface area contributed by atoms with Crippen molar-refractivity contribution in [1.82, 2.24) is 5.32 Å². The molecule has 0 spiro atoms. The Kier molecular flexibility index (Phi) is 5.04. The van der Waals surface area contributed by atoms with Gasteiger partial charge in [-0.05, 0) is 37.5 Å². The van der Waals surface area contributed by atoms with Gasteiger partial charge in [0, 0.05) is 6.04 Å². The maximum Gasteiger partial charge on any atom is 0.234 e. The summed E-state index contributed by atoms with van der Waals surface area (Å²) in [6, 6.07) is 0.435. The van der Waals surface area contributed by atoms with Gasteiger partial charge in [-0.3, -0.25) is 4.79 Å². The van der Waals surface area contributed by atoms with Crippen molar-refractivity contribution in [2.75, 3.05) is 0 Å². The van der Waals surface area contributed by atoms with Gasteiger partial charge in [0.25, 0.3) is 0 Å². The van der Waals surface area contributed by atoms with E-state index >= 15 is 0 Å². The largest absolute Gasteiger partial charge is 0.368 e. The Labute approximate surface area is 111 Å². The molecule has 0 radical (unpaired) electrons. The van der Waals surface area contributed by atoms with Crippen LogP contribution in [0.4, 0.5) is 0 Å². The number of hydrogen-bond acceptors (Lipinski definition) is 2. The molecule has 2 saturated carbocycles. The lowest BCUT2D eigenvalue weighted by atomic mass is 9.78. The van der Waals surface area contributed by atoms with Gasteiger partial charge in [0.2, 0.25) is 5.91 Å². The van der Waals surface area contributed by atoms with Crippen LogP contribution < -0.4 is 11.1 Å². The molecular weight excluding hydrogens is 224 g/mol. The second kappa shape index (κ2) is 6.55. The third-order valence-electron chi connectivity index (χ3n) is 4.78. The fraction of sp³-hybridized carbons (Fsp3) is 0.933. The summed E-state index contributed by atoms with van der Waals surface area (Å²) in [5.41, 5.74) is 5.63. The minimum absolute atomic E-state index is 0.0872. The third-order valence-corrected chi connectivity index (χ3v) is 4.78. The van der Waals surface area contributed by atoms with E-state index in [1.165, 1.54) is 44.9 Å². The van der Waals surface area contributed by atoms with Crippen LogP contribution in [0.2, 0.25) is 0 Å². The van der Waals surface area contributed by atoms with Crippen LogP contribution in [0.15, 0.2) is 0 Å². The Bertz CT molecular complexity index is 274. The molecule has 18 heavy (non-hydrogen) atoms. The monoisotopic (exact) mass is 252 g/mol. The van der Waals surface area contributed by atoms with E-state index in [0.29, 0.717) is 12.0 Å². The predicted octanol–water partition coefficient (Wildman–Crippen LogP) is 2.59. The van der Waals surface area contributed by atoms with E-state index in [9.17, 15) is 4.79 Å². The SMILES string of the molecule is CC1CCCC(C(NC2CCCCC2)C(N)=O)C1. The number of nitrogens with one attached hydrogen (secondary N) is 1. The first-order valence-electron chi connectivity index (χ1n) is 7.72. The molecule has 3 unspecified atom stereocenters. The van der Waals surface area contributed by atoms with Crippen molar-refractivity contribution in [1.29, 1.82) is 0 Å². The Balaban J connectivity index is 1.92. The Hall–Kier alpha value is -0.570. The standard InChI is InChI=1S/C15H28N2O/c1-11-6-5-7-12(10-11)14(15(16)18)17-13-8-3-2-4-9-13/h11-14,17H,2-10H2,1H3,(H2,16,18). The van der Waals surface area contributed by atoms with Crippen LogP contribution in [0.3, 0.4) is 0 Å². The molecule has 2 rings (SSSR count). The molecule has 0 aromatic carbocycles. The predicted molar refractivity (Wildman–Crippen MR) is 74.1 cm³/mol. The average molecular weight is 252 g/mol. The van der Waals surface area contributed by atoms with Gasteiger partial charge in [0.05, 0.1) is 6.04 Å². The second-order valence-electron chi connectivity index (χ2n) is 6.41. The van der Waals surface area contributed by atoms with E-state index in [1.807, 2.05) is 0 Å². The molecule has 3 heteroatoms. The Morgan fingerprint density at radius 3 is 2.44 bits per heavy atom. The molecule has 0 saturated heterocycles. The average Bonchev–Trinajstić information content (AvgIpc) is 2.37. The molecule has 2 fully saturated rings. The molecule has 0 bridgehead atoms. The van der Waals surface area contributed by atoms with Gasteiger partial charge in [0.15, 0.2) is 0 Å². The van der Waals surface area contributed by atoms with E-state index in [1.54, 1.807) is 0 Å². The van der Waals surface area contributed by atoms with E-state index < -0.39 is 0 Å². The van der Waals surface area contributed by atoms with Crippen LogP contribution in [0.5, 0.6) is 0 Å². The summed E-state index contributed by atoms with van der Waals surface area (Å²) in [5, 5.41) is 3.57. The van der Waals surface area contributed by atoms with E-state index in [-0.39, 0.29) is 11.9 Å². The van der Waals surface area contributed by atoms with Gasteiger partial charge < -0.3 is 11.1 Å². The molecular formula is C15H28N2O. The maximum atomic E-state index is 11.7. The maximum absolute atomic E-state index is 11.7. The zero-order chi connectivity index (χ0) is 13.0. The molecule has 3 N–H and O–H groups in total. The summed E-state index contributed by atoms with van der Waals surface area (Å²) < 4.78 is 0. The number of nitrogens with two attached hydrogens (primary N) is 1. The molecule has 2 aliphatic rings. The highest BCUT2D eigenvalue weighted by atomic mass is 16.1.